The van der Waals surface area contributed by atoms with Crippen molar-refractivity contribution in [3.05, 3.63) is 21.3 Å². The summed E-state index contributed by atoms with van der Waals surface area (Å²) in [5.74, 6) is -1.23. The Balaban J connectivity index is 2.68. The van der Waals surface area contributed by atoms with E-state index in [4.69, 9.17) is 16.7 Å². The van der Waals surface area contributed by atoms with Gasteiger partial charge in [-0.05, 0) is 26.0 Å². The predicted molar refractivity (Wildman–Crippen MR) is 72.3 cm³/mol. The fraction of sp³-hybridized carbons (Fsp3) is 0.500. The number of nitrogens with zero attached hydrogens (tertiary/aromatic N) is 1. The van der Waals surface area contributed by atoms with Gasteiger partial charge in [0.05, 0.1) is 16.7 Å². The van der Waals surface area contributed by atoms with Crippen LogP contribution in [0.25, 0.3) is 0 Å². The summed E-state index contributed by atoms with van der Waals surface area (Å²) in [7, 11) is 0. The number of carboxylic acids is 1. The number of hydrogen-bond donors (Lipinski definition) is 1. The lowest BCUT2D eigenvalue weighted by Crippen LogP contribution is -2.35. The van der Waals surface area contributed by atoms with Gasteiger partial charge in [0.15, 0.2) is 0 Å². The molecule has 1 atom stereocenters. The van der Waals surface area contributed by atoms with Crippen LogP contribution in [0.2, 0.25) is 4.34 Å². The summed E-state index contributed by atoms with van der Waals surface area (Å²) < 4.78 is 0.651. The maximum absolute atomic E-state index is 12.2. The fourth-order valence-electron chi connectivity index (χ4n) is 1.61. The summed E-state index contributed by atoms with van der Waals surface area (Å²) in [5.41, 5.74) is 0. The normalized spacial score (nSPS) is 12.2. The van der Waals surface area contributed by atoms with Crippen LogP contribution in [-0.4, -0.2) is 35.0 Å². The number of hydrogen-bond acceptors (Lipinski definition) is 3. The van der Waals surface area contributed by atoms with E-state index in [0.717, 1.165) is 4.88 Å². The Morgan fingerprint density at radius 3 is 2.61 bits per heavy atom. The van der Waals surface area contributed by atoms with E-state index in [2.05, 4.69) is 0 Å². The topological polar surface area (TPSA) is 57.6 Å². The summed E-state index contributed by atoms with van der Waals surface area (Å²) in [4.78, 5) is 25.2. The van der Waals surface area contributed by atoms with E-state index < -0.39 is 5.97 Å². The second-order valence-corrected chi connectivity index (χ2v) is 5.67. The molecule has 1 unspecified atom stereocenters. The van der Waals surface area contributed by atoms with Gasteiger partial charge >= 0.3 is 5.97 Å². The van der Waals surface area contributed by atoms with Gasteiger partial charge in [0.25, 0.3) is 0 Å². The van der Waals surface area contributed by atoms with Crippen LogP contribution >= 0.6 is 22.9 Å². The van der Waals surface area contributed by atoms with Crippen molar-refractivity contribution in [2.24, 2.45) is 0 Å². The summed E-state index contributed by atoms with van der Waals surface area (Å²) in [6.07, 6.45) is -0.0303. The second-order valence-electron chi connectivity index (χ2n) is 3.93. The Labute approximate surface area is 115 Å². The number of rotatable bonds is 6. The van der Waals surface area contributed by atoms with Crippen LogP contribution in [0, 0.1) is 0 Å². The highest BCUT2D eigenvalue weighted by atomic mass is 35.5. The first kappa shape index (κ1) is 15.0. The zero-order valence-corrected chi connectivity index (χ0v) is 11.9. The van der Waals surface area contributed by atoms with Gasteiger partial charge in [-0.15, -0.1) is 11.3 Å². The quantitative estimate of drug-likeness (QED) is 0.876. The molecular weight excluding hydrogens is 274 g/mol. The predicted octanol–water partition coefficient (Wildman–Crippen LogP) is 2.83. The Kier molecular flexibility index (Phi) is 5.62. The zero-order chi connectivity index (χ0) is 13.7. The van der Waals surface area contributed by atoms with E-state index in [0.29, 0.717) is 10.9 Å². The molecule has 100 valence electrons. The number of carbonyl (C=O) groups excluding carboxylic acids is 1. The Bertz CT molecular complexity index is 433. The molecule has 0 aromatic carbocycles. The van der Waals surface area contributed by atoms with Gasteiger partial charge < -0.3 is 10.0 Å². The molecule has 1 rings (SSSR count). The third kappa shape index (κ3) is 3.99. The van der Waals surface area contributed by atoms with Gasteiger partial charge in [-0.2, -0.15) is 0 Å². The summed E-state index contributed by atoms with van der Waals surface area (Å²) in [5, 5.41) is 8.65. The summed E-state index contributed by atoms with van der Waals surface area (Å²) in [6.45, 7) is 4.41. The Hall–Kier alpha value is -1.07. The second kappa shape index (κ2) is 6.75. The van der Waals surface area contributed by atoms with Gasteiger partial charge in [0.2, 0.25) is 5.91 Å². The molecule has 0 spiro atoms. The monoisotopic (exact) mass is 289 g/mol. The average molecular weight is 290 g/mol. The fourth-order valence-corrected chi connectivity index (χ4v) is 2.72. The van der Waals surface area contributed by atoms with Gasteiger partial charge in [-0.25, -0.2) is 0 Å². The van der Waals surface area contributed by atoms with Crippen molar-refractivity contribution in [1.82, 2.24) is 4.90 Å². The first-order valence-corrected chi connectivity index (χ1v) is 6.91. The molecule has 0 aliphatic heterocycles. The molecule has 0 saturated carbocycles. The number of thiophene rings is 1. The van der Waals surface area contributed by atoms with E-state index in [1.54, 1.807) is 11.0 Å². The molecule has 1 heterocycles. The molecule has 4 nitrogen and oxygen atoms in total. The van der Waals surface area contributed by atoms with Crippen LogP contribution in [0.15, 0.2) is 12.1 Å². The smallest absolute Gasteiger partial charge is 0.305 e. The molecular formula is C12H16ClNO3S. The van der Waals surface area contributed by atoms with E-state index in [-0.39, 0.29) is 24.8 Å². The van der Waals surface area contributed by atoms with Gasteiger partial charge in [0.1, 0.15) is 0 Å². The molecule has 18 heavy (non-hydrogen) atoms. The van der Waals surface area contributed by atoms with Gasteiger partial charge in [0, 0.05) is 18.0 Å². The van der Waals surface area contributed by atoms with Crippen LogP contribution in [-0.2, 0) is 9.59 Å². The molecule has 0 fully saturated rings. The summed E-state index contributed by atoms with van der Waals surface area (Å²) >= 11 is 7.22. The first-order valence-electron chi connectivity index (χ1n) is 5.71. The largest absolute Gasteiger partial charge is 0.481 e. The zero-order valence-electron chi connectivity index (χ0n) is 10.4. The van der Waals surface area contributed by atoms with Crippen LogP contribution in [0.5, 0.6) is 0 Å². The molecule has 1 aromatic rings. The SMILES string of the molecule is CCN(CCC(=O)O)C(=O)C(C)c1ccc(Cl)s1. The van der Waals surface area contributed by atoms with Crippen molar-refractivity contribution in [2.45, 2.75) is 26.2 Å². The Morgan fingerprint density at radius 1 is 1.50 bits per heavy atom. The van der Waals surface area contributed by atoms with Crippen molar-refractivity contribution in [3.63, 3.8) is 0 Å². The van der Waals surface area contributed by atoms with Crippen molar-refractivity contribution in [1.29, 1.82) is 0 Å². The highest BCUT2D eigenvalue weighted by Gasteiger charge is 2.22. The van der Waals surface area contributed by atoms with Crippen LogP contribution in [0.3, 0.4) is 0 Å². The lowest BCUT2D eigenvalue weighted by atomic mass is 10.1. The van der Waals surface area contributed by atoms with Crippen LogP contribution in [0.4, 0.5) is 0 Å². The molecule has 0 saturated heterocycles. The van der Waals surface area contributed by atoms with Crippen molar-refractivity contribution in [2.75, 3.05) is 13.1 Å². The van der Waals surface area contributed by atoms with Crippen LogP contribution < -0.4 is 0 Å². The van der Waals surface area contributed by atoms with Gasteiger partial charge in [-0.3, -0.25) is 9.59 Å². The molecule has 0 radical (unpaired) electrons. The third-order valence-electron chi connectivity index (χ3n) is 2.68. The molecule has 1 aromatic heterocycles. The lowest BCUT2D eigenvalue weighted by Gasteiger charge is -2.23. The highest BCUT2D eigenvalue weighted by molar-refractivity contribution is 7.16. The maximum Gasteiger partial charge on any atom is 0.305 e. The lowest BCUT2D eigenvalue weighted by molar-refractivity contribution is -0.138. The molecule has 1 amide bonds. The van der Waals surface area contributed by atoms with Gasteiger partial charge in [-0.1, -0.05) is 11.6 Å². The minimum Gasteiger partial charge on any atom is -0.481 e. The van der Waals surface area contributed by atoms with E-state index in [1.165, 1.54) is 11.3 Å². The summed E-state index contributed by atoms with van der Waals surface area (Å²) in [6, 6.07) is 3.60. The molecule has 6 heteroatoms. The van der Waals surface area contributed by atoms with E-state index in [1.807, 2.05) is 19.9 Å². The van der Waals surface area contributed by atoms with Crippen LogP contribution in [0.1, 0.15) is 31.1 Å². The average Bonchev–Trinajstić information content (AvgIpc) is 2.75. The minimum absolute atomic E-state index is 0.0303. The maximum atomic E-state index is 12.2. The van der Waals surface area contributed by atoms with Crippen molar-refractivity contribution in [3.8, 4) is 0 Å². The molecule has 0 aliphatic rings. The third-order valence-corrected chi connectivity index (χ3v) is 4.09. The number of carbonyl (C=O) groups is 2. The molecule has 1 N–H and O–H groups in total. The van der Waals surface area contributed by atoms with Crippen molar-refractivity contribution < 1.29 is 14.7 Å². The number of likely N-dealkylation sites (N-methyl/N-ethyl adjacent to an activating group) is 1. The number of aliphatic carboxylic acids is 1. The standard InChI is InChI=1S/C12H16ClNO3S/c1-3-14(7-6-11(15)16)12(17)8(2)9-4-5-10(13)18-9/h4-5,8H,3,6-7H2,1-2H3,(H,15,16). The highest BCUT2D eigenvalue weighted by Crippen LogP contribution is 2.29. The minimum atomic E-state index is -0.895. The molecule has 0 bridgehead atoms. The number of carboxylic acid groups (broad SMARTS) is 1. The number of halogens is 1. The van der Waals surface area contributed by atoms with E-state index in [9.17, 15) is 9.59 Å². The Morgan fingerprint density at radius 2 is 2.17 bits per heavy atom. The number of amides is 1. The molecule has 0 aliphatic carbocycles. The van der Waals surface area contributed by atoms with Crippen molar-refractivity contribution >= 4 is 34.8 Å². The first-order chi connectivity index (χ1) is 8.45. The van der Waals surface area contributed by atoms with E-state index >= 15 is 0 Å².